The maximum atomic E-state index is 12.5. The normalized spacial score (nSPS) is 15.8. The maximum Gasteiger partial charge on any atom is 0.331 e. The van der Waals surface area contributed by atoms with Gasteiger partial charge in [-0.25, -0.2) is 28.8 Å². The van der Waals surface area contributed by atoms with Gasteiger partial charge in [0.2, 0.25) is 0 Å². The van der Waals surface area contributed by atoms with Crippen molar-refractivity contribution in [1.29, 1.82) is 0 Å². The fourth-order valence-electron chi connectivity index (χ4n) is 5.00. The average molecular weight is 865 g/mol. The zero-order valence-electron chi connectivity index (χ0n) is 31.7. The molecule has 0 aromatic heterocycles. The lowest BCUT2D eigenvalue weighted by atomic mass is 9.78. The van der Waals surface area contributed by atoms with Crippen LogP contribution in [0.15, 0.2) is 72.8 Å². The van der Waals surface area contributed by atoms with Crippen LogP contribution in [0, 0.1) is 0 Å². The van der Waals surface area contributed by atoms with E-state index in [2.05, 4.69) is 23.3 Å². The van der Waals surface area contributed by atoms with Gasteiger partial charge >= 0.3 is 35.8 Å². The molecule has 2 unspecified atom stereocenters. The van der Waals surface area contributed by atoms with E-state index in [1.165, 1.54) is 61.3 Å². The predicted octanol–water partition coefficient (Wildman–Crippen LogP) is 4.75. The molecular formula is C39H44O14S4. The Bertz CT molecular complexity index is 1610. The third-order valence-electron chi connectivity index (χ3n) is 8.15. The van der Waals surface area contributed by atoms with E-state index in [9.17, 15) is 28.8 Å². The molecule has 2 aromatic carbocycles. The topological polar surface area (TPSA) is 176 Å². The number of thioether (sulfide) groups is 4. The Morgan fingerprint density at radius 2 is 0.895 bits per heavy atom. The number of benzene rings is 2. The first-order chi connectivity index (χ1) is 27.4. The van der Waals surface area contributed by atoms with Gasteiger partial charge in [0.25, 0.3) is 0 Å². The van der Waals surface area contributed by atoms with Gasteiger partial charge in [-0.05, 0) is 35.4 Å². The zero-order valence-corrected chi connectivity index (χ0v) is 35.0. The van der Waals surface area contributed by atoms with Crippen LogP contribution < -0.4 is 9.47 Å². The van der Waals surface area contributed by atoms with Crippen molar-refractivity contribution >= 4 is 82.9 Å². The lowest BCUT2D eigenvalue weighted by Gasteiger charge is -2.27. The first-order valence-corrected chi connectivity index (χ1v) is 21.8. The molecule has 0 bridgehead atoms. The Balaban J connectivity index is 1.34. The highest BCUT2D eigenvalue weighted by molar-refractivity contribution is 8.21. The van der Waals surface area contributed by atoms with E-state index in [4.69, 9.17) is 28.4 Å². The fraction of sp³-hybridized carbons (Fsp3) is 0.436. The van der Waals surface area contributed by atoms with Crippen molar-refractivity contribution in [2.45, 2.75) is 40.6 Å². The Labute approximate surface area is 347 Å². The third-order valence-corrected chi connectivity index (χ3v) is 14.0. The summed E-state index contributed by atoms with van der Waals surface area (Å²) in [6.45, 7) is 3.41. The minimum absolute atomic E-state index is 0.119. The molecule has 2 aliphatic heterocycles. The number of hydrogen-bond acceptors (Lipinski definition) is 18. The van der Waals surface area contributed by atoms with E-state index < -0.39 is 53.4 Å². The summed E-state index contributed by atoms with van der Waals surface area (Å²) >= 11 is 5.97. The van der Waals surface area contributed by atoms with Crippen molar-refractivity contribution in [2.24, 2.45) is 0 Å². The summed E-state index contributed by atoms with van der Waals surface area (Å²) in [5.74, 6) is 0.442. The summed E-state index contributed by atoms with van der Waals surface area (Å²) in [7, 11) is 2.37. The number of hydrogen-bond donors (Lipinski definition) is 0. The summed E-state index contributed by atoms with van der Waals surface area (Å²) in [4.78, 5) is 72.5. The van der Waals surface area contributed by atoms with Crippen LogP contribution in [0.3, 0.4) is 0 Å². The highest BCUT2D eigenvalue weighted by Gasteiger charge is 2.29. The minimum atomic E-state index is -0.951. The van der Waals surface area contributed by atoms with E-state index in [0.717, 1.165) is 58.4 Å². The predicted molar refractivity (Wildman–Crippen MR) is 217 cm³/mol. The van der Waals surface area contributed by atoms with Gasteiger partial charge in [0, 0.05) is 52.7 Å². The Morgan fingerprint density at radius 1 is 0.561 bits per heavy atom. The second kappa shape index (κ2) is 23.2. The number of esters is 6. The second-order valence-electron chi connectivity index (χ2n) is 12.5. The van der Waals surface area contributed by atoms with Crippen molar-refractivity contribution in [1.82, 2.24) is 0 Å². The second-order valence-corrected chi connectivity index (χ2v) is 18.0. The number of rotatable bonds is 20. The molecule has 0 N–H and O–H groups in total. The van der Waals surface area contributed by atoms with Crippen LogP contribution in [0.5, 0.6) is 11.5 Å². The molecule has 2 atom stereocenters. The zero-order chi connectivity index (χ0) is 41.2. The molecule has 0 radical (unpaired) electrons. The number of methoxy groups -OCH3 is 2. The molecule has 57 heavy (non-hydrogen) atoms. The quantitative estimate of drug-likeness (QED) is 0.101. The van der Waals surface area contributed by atoms with Crippen LogP contribution in [0.25, 0.3) is 0 Å². The standard InChI is InChI=1S/C39H44O14S4/c1-39(2,25-5-9-27(10-6-25)48-21-29(52-33(42)15-13-31(40)46-3)23-50-35(44)37-54-17-18-55-37)26-7-11-28(12-8-26)49-22-30(53-34(43)16-14-32(41)47-4)24-51-36(45)38-56-19-20-57-38/h5-16,29-30,37-38H,17-24H2,1-4H3. The van der Waals surface area contributed by atoms with E-state index in [1.807, 2.05) is 24.3 Å². The fourth-order valence-corrected chi connectivity index (χ4v) is 10.1. The highest BCUT2D eigenvalue weighted by Crippen LogP contribution is 2.35. The summed E-state index contributed by atoms with van der Waals surface area (Å²) < 4.78 is 41.9. The largest absolute Gasteiger partial charge is 0.490 e. The van der Waals surface area contributed by atoms with E-state index >= 15 is 0 Å². The summed E-state index contributed by atoms with van der Waals surface area (Å²) in [6, 6.07) is 14.8. The highest BCUT2D eigenvalue weighted by atomic mass is 32.2. The SMILES string of the molecule is COC(=O)C=CC(=O)OC(COC(=O)C1SCCS1)COc1ccc(C(C)(C)c2ccc(OCC(COC(=O)C3SCCS3)OC(=O)C=CC(=O)OC)cc2)cc1. The molecule has 308 valence electrons. The molecule has 2 fully saturated rings. The van der Waals surface area contributed by atoms with Crippen molar-refractivity contribution in [3.63, 3.8) is 0 Å². The van der Waals surface area contributed by atoms with Gasteiger partial charge in [-0.2, -0.15) is 0 Å². The molecule has 0 amide bonds. The maximum absolute atomic E-state index is 12.5. The molecule has 14 nitrogen and oxygen atoms in total. The Morgan fingerprint density at radius 3 is 1.23 bits per heavy atom. The summed E-state index contributed by atoms with van der Waals surface area (Å²) in [5.41, 5.74) is 1.47. The van der Waals surface area contributed by atoms with E-state index in [-0.39, 0.29) is 35.6 Å². The van der Waals surface area contributed by atoms with Crippen LogP contribution in [-0.2, 0) is 62.6 Å². The molecule has 2 saturated heterocycles. The Kier molecular flexibility index (Phi) is 18.5. The number of carbonyl (C=O) groups excluding carboxylic acids is 6. The van der Waals surface area contributed by atoms with Crippen LogP contribution in [0.4, 0.5) is 0 Å². The van der Waals surface area contributed by atoms with Gasteiger partial charge in [0.15, 0.2) is 12.2 Å². The lowest BCUT2D eigenvalue weighted by molar-refractivity contribution is -0.156. The molecule has 4 rings (SSSR count). The number of carbonyl (C=O) groups is 6. The average Bonchev–Trinajstić information content (AvgIpc) is 3.97. The molecule has 2 aromatic rings. The van der Waals surface area contributed by atoms with E-state index in [1.54, 1.807) is 24.3 Å². The van der Waals surface area contributed by atoms with Crippen molar-refractivity contribution in [2.75, 3.05) is 63.7 Å². The molecule has 2 heterocycles. The molecular weight excluding hydrogens is 821 g/mol. The Hall–Kier alpha value is -4.26. The molecule has 0 saturated carbocycles. The van der Waals surface area contributed by atoms with Gasteiger partial charge in [-0.15, -0.1) is 47.0 Å². The van der Waals surface area contributed by atoms with E-state index in [0.29, 0.717) is 11.5 Å². The van der Waals surface area contributed by atoms with Crippen LogP contribution >= 0.6 is 47.0 Å². The monoisotopic (exact) mass is 864 g/mol. The first-order valence-electron chi connectivity index (χ1n) is 17.6. The van der Waals surface area contributed by atoms with Crippen LogP contribution in [0.1, 0.15) is 25.0 Å². The minimum Gasteiger partial charge on any atom is -0.490 e. The van der Waals surface area contributed by atoms with Gasteiger partial charge < -0.3 is 37.9 Å². The summed E-state index contributed by atoms with van der Waals surface area (Å²) in [5, 5.41) is 0. The number of ether oxygens (including phenoxy) is 8. The lowest BCUT2D eigenvalue weighted by Crippen LogP contribution is -2.32. The van der Waals surface area contributed by atoms with Gasteiger partial charge in [-0.3, -0.25) is 0 Å². The van der Waals surface area contributed by atoms with Gasteiger partial charge in [-0.1, -0.05) is 38.1 Å². The molecule has 2 aliphatic rings. The van der Waals surface area contributed by atoms with Crippen LogP contribution in [-0.4, -0.2) is 121 Å². The van der Waals surface area contributed by atoms with Crippen molar-refractivity contribution < 1.29 is 66.7 Å². The molecule has 18 heteroatoms. The van der Waals surface area contributed by atoms with Crippen molar-refractivity contribution in [3.05, 3.63) is 84.0 Å². The third kappa shape index (κ3) is 15.2. The van der Waals surface area contributed by atoms with Crippen molar-refractivity contribution in [3.8, 4) is 11.5 Å². The van der Waals surface area contributed by atoms with Crippen LogP contribution in [0.2, 0.25) is 0 Å². The summed E-state index contributed by atoms with van der Waals surface area (Å²) in [6.07, 6.45) is 1.82. The van der Waals surface area contributed by atoms with Gasteiger partial charge in [0.1, 0.15) is 47.1 Å². The molecule has 0 aliphatic carbocycles. The first kappa shape index (κ1) is 45.4. The molecule has 0 spiro atoms. The smallest absolute Gasteiger partial charge is 0.331 e. The van der Waals surface area contributed by atoms with Gasteiger partial charge in [0.05, 0.1) is 14.2 Å².